The predicted octanol–water partition coefficient (Wildman–Crippen LogP) is 7.28. The lowest BCUT2D eigenvalue weighted by Crippen LogP contribution is -2.45. The van der Waals surface area contributed by atoms with Crippen LogP contribution in [0.15, 0.2) is 48.5 Å². The van der Waals surface area contributed by atoms with Crippen molar-refractivity contribution in [1.82, 2.24) is 0 Å². The number of halogens is 2. The Bertz CT molecular complexity index is 717. The van der Waals surface area contributed by atoms with Gasteiger partial charge in [0, 0.05) is 0 Å². The van der Waals surface area contributed by atoms with Gasteiger partial charge >= 0.3 is 0 Å². The average Bonchev–Trinajstić information content (AvgIpc) is 2.61. The molecule has 2 unspecified atom stereocenters. The second-order valence-electron chi connectivity index (χ2n) is 8.87. The number of hydrogen-bond donors (Lipinski definition) is 0. The van der Waals surface area contributed by atoms with Crippen LogP contribution in [0.4, 0.5) is 0 Å². The van der Waals surface area contributed by atoms with Crippen LogP contribution < -0.4 is 0 Å². The van der Waals surface area contributed by atoms with Crippen LogP contribution in [0.5, 0.6) is 0 Å². The van der Waals surface area contributed by atoms with Crippen molar-refractivity contribution in [2.75, 3.05) is 0 Å². The Balaban J connectivity index is 2.11. The Kier molecular flexibility index (Phi) is 7.39. The topological polar surface area (TPSA) is 17.1 Å². The average molecular weight is 419 g/mol. The smallest absolute Gasteiger partial charge is 0.174 e. The maximum absolute atomic E-state index is 13.2. The van der Waals surface area contributed by atoms with Crippen LogP contribution in [0, 0.1) is 0 Å². The number of rotatable bonds is 8. The first kappa shape index (κ1) is 23.0. The first-order valence-electron chi connectivity index (χ1n) is 10.0. The van der Waals surface area contributed by atoms with Crippen molar-refractivity contribution in [1.29, 1.82) is 0 Å². The molecule has 0 aliphatic rings. The number of Topliss-reactive ketones (excluding diaryl/α,β-unsaturated/α-hetero) is 1. The van der Waals surface area contributed by atoms with E-state index in [-0.39, 0.29) is 5.78 Å². The van der Waals surface area contributed by atoms with Gasteiger partial charge in [0.1, 0.15) is 9.75 Å². The summed E-state index contributed by atoms with van der Waals surface area (Å²) < 4.78 is 0. The quantitative estimate of drug-likeness (QED) is 0.411. The highest BCUT2D eigenvalue weighted by molar-refractivity contribution is 6.45. The molecule has 1 nitrogen and oxygen atoms in total. The molecule has 2 rings (SSSR count). The van der Waals surface area contributed by atoms with Gasteiger partial charge < -0.3 is 0 Å². The number of carbonyl (C=O) groups is 1. The van der Waals surface area contributed by atoms with E-state index in [0.717, 1.165) is 11.1 Å². The Morgan fingerprint density at radius 1 is 0.714 bits per heavy atom. The number of alkyl halides is 2. The SMILES string of the molecule is CC(C)c1ccc(CC(C)(Cl)C(=O)C(C)(Cl)Cc2ccc(C(C)C)cc2)cc1. The summed E-state index contributed by atoms with van der Waals surface area (Å²) in [6.07, 6.45) is 0.917. The summed E-state index contributed by atoms with van der Waals surface area (Å²) in [6.45, 7) is 12.2. The third kappa shape index (κ3) is 5.84. The summed E-state index contributed by atoms with van der Waals surface area (Å²) in [5.74, 6) is 0.821. The van der Waals surface area contributed by atoms with Crippen LogP contribution in [0.25, 0.3) is 0 Å². The maximum Gasteiger partial charge on any atom is 0.174 e. The van der Waals surface area contributed by atoms with Crippen LogP contribution in [0.3, 0.4) is 0 Å². The summed E-state index contributed by atoms with van der Waals surface area (Å²) in [5, 5.41) is 0. The van der Waals surface area contributed by atoms with E-state index >= 15 is 0 Å². The van der Waals surface area contributed by atoms with Gasteiger partial charge in [0.05, 0.1) is 0 Å². The molecule has 0 aliphatic carbocycles. The highest BCUT2D eigenvalue weighted by Crippen LogP contribution is 2.33. The van der Waals surface area contributed by atoms with Crippen molar-refractivity contribution < 1.29 is 4.79 Å². The third-order valence-electron chi connectivity index (χ3n) is 5.31. The molecule has 28 heavy (non-hydrogen) atoms. The molecule has 2 aromatic rings. The fraction of sp³-hybridized carbons (Fsp3) is 0.480. The second kappa shape index (κ2) is 9.01. The lowest BCUT2D eigenvalue weighted by atomic mass is 9.85. The van der Waals surface area contributed by atoms with Crippen molar-refractivity contribution in [2.24, 2.45) is 0 Å². The minimum absolute atomic E-state index is 0.135. The van der Waals surface area contributed by atoms with Crippen molar-refractivity contribution in [3.63, 3.8) is 0 Å². The standard InChI is InChI=1S/C25H32Cl2O/c1-17(2)21-11-7-19(8-12-21)15-24(5,26)23(28)25(6,27)16-20-9-13-22(14-10-20)18(3)4/h7-14,17-18H,15-16H2,1-6H3. The maximum atomic E-state index is 13.2. The molecule has 0 heterocycles. The molecular weight excluding hydrogens is 387 g/mol. The molecule has 0 aliphatic heterocycles. The number of benzene rings is 2. The van der Waals surface area contributed by atoms with E-state index < -0.39 is 9.75 Å². The third-order valence-corrected chi connectivity index (χ3v) is 5.92. The Morgan fingerprint density at radius 3 is 1.25 bits per heavy atom. The fourth-order valence-electron chi connectivity index (χ4n) is 3.51. The molecule has 0 spiro atoms. The van der Waals surface area contributed by atoms with Crippen molar-refractivity contribution in [3.8, 4) is 0 Å². The lowest BCUT2D eigenvalue weighted by molar-refractivity contribution is -0.123. The zero-order valence-corrected chi connectivity index (χ0v) is 19.4. The molecule has 0 N–H and O–H groups in total. The van der Waals surface area contributed by atoms with Crippen LogP contribution in [-0.2, 0) is 17.6 Å². The molecule has 2 atom stereocenters. The molecule has 0 saturated carbocycles. The largest absolute Gasteiger partial charge is 0.296 e. The first-order valence-corrected chi connectivity index (χ1v) is 10.8. The molecule has 2 aromatic carbocycles. The molecule has 0 fully saturated rings. The Hall–Kier alpha value is -1.31. The van der Waals surface area contributed by atoms with Gasteiger partial charge in [-0.2, -0.15) is 0 Å². The Labute approximate surface area is 180 Å². The number of ketones is 1. The summed E-state index contributed by atoms with van der Waals surface area (Å²) in [7, 11) is 0. The van der Waals surface area contributed by atoms with Gasteiger partial charge in [-0.1, -0.05) is 76.2 Å². The van der Waals surface area contributed by atoms with Crippen LogP contribution in [0.2, 0.25) is 0 Å². The number of hydrogen-bond acceptors (Lipinski definition) is 1. The van der Waals surface area contributed by atoms with E-state index in [4.69, 9.17) is 23.2 Å². The van der Waals surface area contributed by atoms with E-state index in [2.05, 4.69) is 76.2 Å². The minimum atomic E-state index is -1.05. The zero-order valence-electron chi connectivity index (χ0n) is 17.9. The molecule has 0 radical (unpaired) electrons. The van der Waals surface area contributed by atoms with E-state index in [9.17, 15) is 4.79 Å². The second-order valence-corrected chi connectivity index (χ2v) is 10.5. The molecule has 0 aromatic heterocycles. The number of carbonyl (C=O) groups excluding carboxylic acids is 1. The molecule has 0 saturated heterocycles. The van der Waals surface area contributed by atoms with Gasteiger partial charge in [0.2, 0.25) is 0 Å². The van der Waals surface area contributed by atoms with Gasteiger partial charge in [-0.25, -0.2) is 0 Å². The first-order chi connectivity index (χ1) is 12.9. The van der Waals surface area contributed by atoms with Crippen molar-refractivity contribution in [3.05, 3.63) is 70.8 Å². The fourth-order valence-corrected chi connectivity index (χ4v) is 4.29. The van der Waals surface area contributed by atoms with Gasteiger partial charge in [0.25, 0.3) is 0 Å². The van der Waals surface area contributed by atoms with E-state index in [0.29, 0.717) is 24.7 Å². The van der Waals surface area contributed by atoms with Crippen LogP contribution in [0.1, 0.15) is 75.6 Å². The molecular formula is C25H32Cl2O. The van der Waals surface area contributed by atoms with E-state index in [1.165, 1.54) is 11.1 Å². The monoisotopic (exact) mass is 418 g/mol. The molecule has 0 bridgehead atoms. The minimum Gasteiger partial charge on any atom is -0.296 e. The van der Waals surface area contributed by atoms with Crippen molar-refractivity contribution in [2.45, 2.75) is 76.0 Å². The Morgan fingerprint density at radius 2 is 1.00 bits per heavy atom. The summed E-state index contributed by atoms with van der Waals surface area (Å²) in [6, 6.07) is 16.6. The van der Waals surface area contributed by atoms with Crippen LogP contribution in [-0.4, -0.2) is 15.5 Å². The summed E-state index contributed by atoms with van der Waals surface area (Å²) in [4.78, 5) is 11.1. The summed E-state index contributed by atoms with van der Waals surface area (Å²) >= 11 is 13.4. The van der Waals surface area contributed by atoms with Crippen LogP contribution >= 0.6 is 23.2 Å². The summed E-state index contributed by atoms with van der Waals surface area (Å²) in [5.41, 5.74) is 4.64. The lowest BCUT2D eigenvalue weighted by Gasteiger charge is -2.30. The van der Waals surface area contributed by atoms with Gasteiger partial charge in [-0.15, -0.1) is 23.2 Å². The predicted molar refractivity (Wildman–Crippen MR) is 122 cm³/mol. The van der Waals surface area contributed by atoms with Gasteiger partial charge in [0.15, 0.2) is 5.78 Å². The zero-order chi connectivity index (χ0) is 21.1. The van der Waals surface area contributed by atoms with E-state index in [1.54, 1.807) is 13.8 Å². The van der Waals surface area contributed by atoms with Gasteiger partial charge in [-0.3, -0.25) is 4.79 Å². The highest BCUT2D eigenvalue weighted by atomic mass is 35.5. The van der Waals surface area contributed by atoms with E-state index in [1.807, 2.05) is 0 Å². The molecule has 3 heteroatoms. The highest BCUT2D eigenvalue weighted by Gasteiger charge is 2.43. The van der Waals surface area contributed by atoms with Crippen molar-refractivity contribution >= 4 is 29.0 Å². The van der Waals surface area contributed by atoms with Gasteiger partial charge in [-0.05, 0) is 60.8 Å². The molecule has 0 amide bonds. The normalized spacial score (nSPS) is 16.1. The molecule has 152 valence electrons.